The molecule has 0 aromatic heterocycles. The van der Waals surface area contributed by atoms with E-state index in [-0.39, 0.29) is 0 Å². The van der Waals surface area contributed by atoms with Gasteiger partial charge in [-0.2, -0.15) is 0 Å². The van der Waals surface area contributed by atoms with Gasteiger partial charge < -0.3 is 0 Å². The monoisotopic (exact) mass is 123 g/mol. The first-order chi connectivity index (χ1) is 4.50. The van der Waals surface area contributed by atoms with Crippen LogP contribution in [0.15, 0.2) is 12.2 Å². The summed E-state index contributed by atoms with van der Waals surface area (Å²) in [7, 11) is 0. The predicted octanol–water partition coefficient (Wildman–Crippen LogP) is 3.10. The van der Waals surface area contributed by atoms with Gasteiger partial charge in [0.05, 0.1) is 0 Å². The van der Waals surface area contributed by atoms with Crippen molar-refractivity contribution in [2.45, 2.75) is 38.5 Å². The Balaban J connectivity index is 2.15. The molecule has 0 heteroatoms. The summed E-state index contributed by atoms with van der Waals surface area (Å²) in [4.78, 5) is 0. The lowest BCUT2D eigenvalue weighted by Crippen LogP contribution is -1.74. The first-order valence-electron chi connectivity index (χ1n) is 3.98. The standard InChI is InChI=1S/C9H15/c1-2-4-6-8-9-7-5-3-1/h1-3H,4-9H2. The Morgan fingerprint density at radius 2 is 1.56 bits per heavy atom. The van der Waals surface area contributed by atoms with Gasteiger partial charge in [0.1, 0.15) is 0 Å². The summed E-state index contributed by atoms with van der Waals surface area (Å²) in [5, 5.41) is 0. The zero-order valence-corrected chi connectivity index (χ0v) is 5.97. The van der Waals surface area contributed by atoms with Crippen LogP contribution >= 0.6 is 0 Å². The van der Waals surface area contributed by atoms with Gasteiger partial charge in [0.2, 0.25) is 0 Å². The largest absolute Gasteiger partial charge is 0.0882 e. The molecule has 0 atom stereocenters. The number of allylic oxidation sites excluding steroid dienone is 2. The summed E-state index contributed by atoms with van der Waals surface area (Å²) in [5.41, 5.74) is 0. The van der Waals surface area contributed by atoms with Crippen molar-refractivity contribution in [3.63, 3.8) is 0 Å². The van der Waals surface area contributed by atoms with Crippen LogP contribution in [0, 0.1) is 6.42 Å². The molecule has 9 heavy (non-hydrogen) atoms. The summed E-state index contributed by atoms with van der Waals surface area (Å²) < 4.78 is 0. The number of rotatable bonds is 0. The molecule has 0 unspecified atom stereocenters. The Morgan fingerprint density at radius 3 is 2.44 bits per heavy atom. The second kappa shape index (κ2) is 4.60. The Hall–Kier alpha value is -0.260. The van der Waals surface area contributed by atoms with Crippen molar-refractivity contribution in [3.8, 4) is 0 Å². The van der Waals surface area contributed by atoms with Crippen LogP contribution < -0.4 is 0 Å². The molecule has 0 nitrogen and oxygen atoms in total. The van der Waals surface area contributed by atoms with Gasteiger partial charge in [-0.05, 0) is 25.7 Å². The highest BCUT2D eigenvalue weighted by Crippen LogP contribution is 2.10. The van der Waals surface area contributed by atoms with Crippen molar-refractivity contribution in [2.24, 2.45) is 0 Å². The SMILES string of the molecule is [CH]1C=CCCCCCC1. The van der Waals surface area contributed by atoms with Gasteiger partial charge in [-0.1, -0.05) is 31.4 Å². The molecule has 0 saturated carbocycles. The third-order valence-electron chi connectivity index (χ3n) is 1.76. The van der Waals surface area contributed by atoms with Crippen molar-refractivity contribution in [1.82, 2.24) is 0 Å². The molecule has 0 aromatic rings. The first kappa shape index (κ1) is 6.85. The van der Waals surface area contributed by atoms with Crippen molar-refractivity contribution in [3.05, 3.63) is 18.6 Å². The van der Waals surface area contributed by atoms with Gasteiger partial charge in [-0.3, -0.25) is 0 Å². The van der Waals surface area contributed by atoms with E-state index in [2.05, 4.69) is 18.6 Å². The highest BCUT2D eigenvalue weighted by Gasteiger charge is 1.91. The van der Waals surface area contributed by atoms with E-state index in [4.69, 9.17) is 0 Å². The molecule has 1 aliphatic carbocycles. The summed E-state index contributed by atoms with van der Waals surface area (Å²) in [6.45, 7) is 0. The summed E-state index contributed by atoms with van der Waals surface area (Å²) in [6, 6.07) is 0. The molecule has 0 N–H and O–H groups in total. The van der Waals surface area contributed by atoms with E-state index in [1.54, 1.807) is 0 Å². The van der Waals surface area contributed by atoms with Gasteiger partial charge in [0.15, 0.2) is 0 Å². The van der Waals surface area contributed by atoms with Gasteiger partial charge in [0.25, 0.3) is 0 Å². The fraction of sp³-hybridized carbons (Fsp3) is 0.667. The van der Waals surface area contributed by atoms with E-state index in [9.17, 15) is 0 Å². The molecule has 0 heterocycles. The van der Waals surface area contributed by atoms with Crippen molar-refractivity contribution in [2.75, 3.05) is 0 Å². The Bertz CT molecular complexity index is 72.0. The summed E-state index contributed by atoms with van der Waals surface area (Å²) in [5.74, 6) is 0. The normalized spacial score (nSPS) is 22.2. The molecule has 0 bridgehead atoms. The van der Waals surface area contributed by atoms with Crippen LogP contribution in [0.25, 0.3) is 0 Å². The zero-order chi connectivity index (χ0) is 6.36. The lowest BCUT2D eigenvalue weighted by molar-refractivity contribution is 0.653. The predicted molar refractivity (Wildman–Crippen MR) is 41.1 cm³/mol. The number of hydrogen-bond donors (Lipinski definition) is 0. The van der Waals surface area contributed by atoms with E-state index in [0.29, 0.717) is 0 Å². The highest BCUT2D eigenvalue weighted by atomic mass is 14.0. The fourth-order valence-electron chi connectivity index (χ4n) is 1.17. The van der Waals surface area contributed by atoms with Crippen molar-refractivity contribution < 1.29 is 0 Å². The maximum Gasteiger partial charge on any atom is -0.0171 e. The fourth-order valence-corrected chi connectivity index (χ4v) is 1.17. The number of hydrogen-bond acceptors (Lipinski definition) is 0. The molecule has 0 spiro atoms. The van der Waals surface area contributed by atoms with E-state index in [1.165, 1.54) is 38.5 Å². The Morgan fingerprint density at radius 1 is 0.778 bits per heavy atom. The maximum absolute atomic E-state index is 2.28. The smallest absolute Gasteiger partial charge is 0.0171 e. The van der Waals surface area contributed by atoms with Gasteiger partial charge in [0, 0.05) is 0 Å². The van der Waals surface area contributed by atoms with E-state index < -0.39 is 0 Å². The molecule has 0 aliphatic heterocycles. The average molecular weight is 123 g/mol. The van der Waals surface area contributed by atoms with Crippen LogP contribution in [-0.2, 0) is 0 Å². The van der Waals surface area contributed by atoms with Gasteiger partial charge in [-0.25, -0.2) is 0 Å². The minimum Gasteiger partial charge on any atom is -0.0882 e. The lowest BCUT2D eigenvalue weighted by atomic mass is 10.1. The Kier molecular flexibility index (Phi) is 3.51. The topological polar surface area (TPSA) is 0 Å². The van der Waals surface area contributed by atoms with E-state index in [1.807, 2.05) is 0 Å². The molecule has 0 aromatic carbocycles. The van der Waals surface area contributed by atoms with Crippen LogP contribution in [0.5, 0.6) is 0 Å². The van der Waals surface area contributed by atoms with Gasteiger partial charge in [-0.15, -0.1) is 0 Å². The Labute approximate surface area is 58.0 Å². The van der Waals surface area contributed by atoms with Crippen LogP contribution in [0.2, 0.25) is 0 Å². The first-order valence-corrected chi connectivity index (χ1v) is 3.98. The second-order valence-electron chi connectivity index (χ2n) is 2.66. The van der Waals surface area contributed by atoms with Gasteiger partial charge >= 0.3 is 0 Å². The van der Waals surface area contributed by atoms with Crippen LogP contribution in [-0.4, -0.2) is 0 Å². The third-order valence-corrected chi connectivity index (χ3v) is 1.76. The molecular weight excluding hydrogens is 108 g/mol. The molecule has 1 rings (SSSR count). The molecule has 0 saturated heterocycles. The zero-order valence-electron chi connectivity index (χ0n) is 5.97. The van der Waals surface area contributed by atoms with Crippen molar-refractivity contribution >= 4 is 0 Å². The third kappa shape index (κ3) is 3.34. The summed E-state index contributed by atoms with van der Waals surface area (Å²) >= 11 is 0. The quantitative estimate of drug-likeness (QED) is 0.464. The van der Waals surface area contributed by atoms with Crippen molar-refractivity contribution in [1.29, 1.82) is 0 Å². The summed E-state index contributed by atoms with van der Waals surface area (Å²) in [6.07, 6.45) is 15.0. The molecule has 0 amide bonds. The molecular formula is C9H15. The molecule has 1 aliphatic rings. The highest BCUT2D eigenvalue weighted by molar-refractivity contribution is 4.94. The minimum absolute atomic E-state index is 1.29. The van der Waals surface area contributed by atoms with E-state index in [0.717, 1.165) is 0 Å². The van der Waals surface area contributed by atoms with Crippen LogP contribution in [0.3, 0.4) is 0 Å². The second-order valence-corrected chi connectivity index (χ2v) is 2.66. The van der Waals surface area contributed by atoms with E-state index >= 15 is 0 Å². The molecule has 51 valence electrons. The maximum atomic E-state index is 2.28. The average Bonchev–Trinajstić information content (AvgIpc) is 2.00. The molecule has 0 fully saturated rings. The van der Waals surface area contributed by atoms with Crippen LogP contribution in [0.4, 0.5) is 0 Å². The molecule has 1 radical (unpaired) electrons. The minimum atomic E-state index is 1.29. The lowest BCUT2D eigenvalue weighted by Gasteiger charge is -1.93. The van der Waals surface area contributed by atoms with Crippen LogP contribution in [0.1, 0.15) is 38.5 Å².